The Kier molecular flexibility index (Phi) is 7.65. The molecule has 4 heteroatoms. The van der Waals surface area contributed by atoms with Crippen LogP contribution in [0.5, 0.6) is 0 Å². The Balaban J connectivity index is 1.62. The Morgan fingerprint density at radius 3 is 1.40 bits per heavy atom. The van der Waals surface area contributed by atoms with E-state index in [2.05, 4.69) is 96.1 Å². The number of carbonyl (C=O) groups is 2. The van der Waals surface area contributed by atoms with E-state index >= 15 is 0 Å². The van der Waals surface area contributed by atoms with Crippen molar-refractivity contribution in [3.8, 4) is 22.3 Å². The first-order chi connectivity index (χ1) is 18.9. The van der Waals surface area contributed by atoms with Gasteiger partial charge in [0.1, 0.15) is 0 Å². The van der Waals surface area contributed by atoms with E-state index in [1.54, 1.807) is 0 Å². The van der Waals surface area contributed by atoms with Crippen LogP contribution in [-0.4, -0.2) is 24.9 Å². The fourth-order valence-corrected chi connectivity index (χ4v) is 5.77. The molecule has 0 N–H and O–H groups in total. The van der Waals surface area contributed by atoms with E-state index < -0.39 is 0 Å². The van der Waals surface area contributed by atoms with Crippen molar-refractivity contribution in [2.45, 2.75) is 90.9 Å². The fourth-order valence-electron chi connectivity index (χ4n) is 5.77. The minimum absolute atomic E-state index is 0.0405. The smallest absolute Gasteiger partial charge is 0.226 e. The molecule has 0 aromatic heterocycles. The van der Waals surface area contributed by atoms with Crippen molar-refractivity contribution in [1.29, 1.82) is 0 Å². The van der Waals surface area contributed by atoms with Gasteiger partial charge in [-0.3, -0.25) is 9.59 Å². The van der Waals surface area contributed by atoms with Crippen molar-refractivity contribution in [2.75, 3.05) is 22.9 Å². The Morgan fingerprint density at radius 1 is 0.525 bits per heavy atom. The predicted octanol–water partition coefficient (Wildman–Crippen LogP) is 8.65. The highest BCUT2D eigenvalue weighted by molar-refractivity contribution is 5.99. The highest BCUT2D eigenvalue weighted by Gasteiger charge is 2.25. The molecule has 0 aliphatic carbocycles. The molecule has 4 nitrogen and oxygen atoms in total. The molecule has 0 atom stereocenters. The van der Waals surface area contributed by atoms with Gasteiger partial charge in [-0.15, -0.1) is 0 Å². The van der Waals surface area contributed by atoms with Crippen LogP contribution < -0.4 is 9.80 Å². The van der Waals surface area contributed by atoms with Crippen molar-refractivity contribution in [1.82, 2.24) is 0 Å². The molecule has 0 radical (unpaired) electrons. The SMILES string of the molecule is CC(C)(C)c1cc(-c2cccc(-c3cc(N4CCCCC4=O)cc(N4CCCCC4=O)c3)c2)cc(C(C)(C)C)c1. The number of rotatable bonds is 4. The number of hydrogen-bond acceptors (Lipinski definition) is 2. The largest absolute Gasteiger partial charge is 0.312 e. The summed E-state index contributed by atoms with van der Waals surface area (Å²) in [5.74, 6) is 0.337. The molecule has 3 aromatic rings. The van der Waals surface area contributed by atoms with Gasteiger partial charge in [0.05, 0.1) is 0 Å². The number of nitrogens with zero attached hydrogens (tertiary/aromatic N) is 2. The fraction of sp³-hybridized carbons (Fsp3) is 0.444. The van der Waals surface area contributed by atoms with Crippen LogP contribution in [0, 0.1) is 0 Å². The van der Waals surface area contributed by atoms with Crippen LogP contribution in [0.4, 0.5) is 11.4 Å². The molecule has 40 heavy (non-hydrogen) atoms. The minimum atomic E-state index is 0.0405. The summed E-state index contributed by atoms with van der Waals surface area (Å²) in [6.45, 7) is 15.1. The third kappa shape index (κ3) is 6.01. The van der Waals surface area contributed by atoms with E-state index in [-0.39, 0.29) is 22.6 Å². The average Bonchev–Trinajstić information content (AvgIpc) is 2.92. The molecule has 0 unspecified atom stereocenters. The number of amides is 2. The molecule has 0 bridgehead atoms. The zero-order chi connectivity index (χ0) is 28.7. The summed E-state index contributed by atoms with van der Waals surface area (Å²) in [6, 6.07) is 22.0. The molecule has 2 amide bonds. The summed E-state index contributed by atoms with van der Waals surface area (Å²) < 4.78 is 0. The van der Waals surface area contributed by atoms with Gasteiger partial charge in [-0.25, -0.2) is 0 Å². The molecule has 2 aliphatic rings. The zero-order valence-corrected chi connectivity index (χ0v) is 25.1. The van der Waals surface area contributed by atoms with Gasteiger partial charge in [0.25, 0.3) is 0 Å². The van der Waals surface area contributed by atoms with Gasteiger partial charge in [-0.05, 0) is 94.2 Å². The first kappa shape index (κ1) is 28.1. The lowest BCUT2D eigenvalue weighted by Crippen LogP contribution is -2.37. The van der Waals surface area contributed by atoms with E-state index in [0.29, 0.717) is 12.8 Å². The first-order valence-electron chi connectivity index (χ1n) is 14.9. The summed E-state index contributed by atoms with van der Waals surface area (Å²) in [7, 11) is 0. The Bertz CT molecular complexity index is 1340. The number of hydrogen-bond donors (Lipinski definition) is 0. The van der Waals surface area contributed by atoms with E-state index in [0.717, 1.165) is 61.3 Å². The molecule has 2 fully saturated rings. The Morgan fingerprint density at radius 2 is 0.975 bits per heavy atom. The lowest BCUT2D eigenvalue weighted by molar-refractivity contribution is -0.120. The van der Waals surface area contributed by atoms with E-state index in [4.69, 9.17) is 0 Å². The second-order valence-corrected chi connectivity index (χ2v) is 13.6. The average molecular weight is 537 g/mol. The molecule has 0 saturated carbocycles. The standard InChI is InChI=1S/C36H44N2O2/c1-35(2,3)29-19-27(20-30(23-29)36(4,5)6)25-12-11-13-26(18-25)28-21-31(37-16-9-7-14-33(37)39)24-32(22-28)38-17-10-8-15-34(38)40/h11-13,18-24H,7-10,14-17H2,1-6H3. The quantitative estimate of drug-likeness (QED) is 0.335. The van der Waals surface area contributed by atoms with Crippen molar-refractivity contribution < 1.29 is 9.59 Å². The van der Waals surface area contributed by atoms with E-state index in [1.165, 1.54) is 22.3 Å². The van der Waals surface area contributed by atoms with Gasteiger partial charge in [-0.1, -0.05) is 77.9 Å². The van der Waals surface area contributed by atoms with Crippen LogP contribution in [0.2, 0.25) is 0 Å². The number of benzene rings is 3. The van der Waals surface area contributed by atoms with Gasteiger partial charge >= 0.3 is 0 Å². The number of anilines is 2. The normalized spacial score (nSPS) is 16.9. The summed E-state index contributed by atoms with van der Waals surface area (Å²) >= 11 is 0. The highest BCUT2D eigenvalue weighted by Crippen LogP contribution is 2.38. The topological polar surface area (TPSA) is 40.6 Å². The van der Waals surface area contributed by atoms with E-state index in [9.17, 15) is 9.59 Å². The molecule has 3 aromatic carbocycles. The van der Waals surface area contributed by atoms with Crippen LogP contribution in [0.15, 0.2) is 60.7 Å². The summed E-state index contributed by atoms with van der Waals surface area (Å²) in [5.41, 5.74) is 9.04. The van der Waals surface area contributed by atoms with Crippen molar-refractivity contribution in [2.24, 2.45) is 0 Å². The summed E-state index contributed by atoms with van der Waals surface area (Å²) in [6.07, 6.45) is 5.06. The molecule has 0 spiro atoms. The van der Waals surface area contributed by atoms with Crippen molar-refractivity contribution in [3.63, 3.8) is 0 Å². The van der Waals surface area contributed by atoms with Crippen molar-refractivity contribution >= 4 is 23.2 Å². The number of piperidine rings is 2. The Hall–Kier alpha value is -3.40. The first-order valence-corrected chi connectivity index (χ1v) is 14.9. The van der Waals surface area contributed by atoms with Gasteiger partial charge in [-0.2, -0.15) is 0 Å². The molecule has 2 saturated heterocycles. The highest BCUT2D eigenvalue weighted by atomic mass is 16.2. The van der Waals surface area contributed by atoms with Crippen LogP contribution in [0.1, 0.15) is 91.2 Å². The molecule has 2 aliphatic heterocycles. The van der Waals surface area contributed by atoms with E-state index in [1.807, 2.05) is 15.9 Å². The third-order valence-electron chi connectivity index (χ3n) is 8.37. The molecular formula is C36H44N2O2. The van der Waals surface area contributed by atoms with Gasteiger partial charge in [0, 0.05) is 37.3 Å². The van der Waals surface area contributed by atoms with Crippen LogP contribution >= 0.6 is 0 Å². The molecule has 5 rings (SSSR count). The van der Waals surface area contributed by atoms with Gasteiger partial charge < -0.3 is 9.80 Å². The second kappa shape index (κ2) is 10.9. The molecular weight excluding hydrogens is 492 g/mol. The monoisotopic (exact) mass is 536 g/mol. The third-order valence-corrected chi connectivity index (χ3v) is 8.37. The maximum Gasteiger partial charge on any atom is 0.226 e. The Labute approximate surface area is 240 Å². The zero-order valence-electron chi connectivity index (χ0n) is 25.1. The van der Waals surface area contributed by atoms with Crippen LogP contribution in [0.3, 0.4) is 0 Å². The molecule has 2 heterocycles. The lowest BCUT2D eigenvalue weighted by atomic mass is 9.79. The molecule has 210 valence electrons. The van der Waals surface area contributed by atoms with Crippen LogP contribution in [-0.2, 0) is 20.4 Å². The second-order valence-electron chi connectivity index (χ2n) is 13.6. The van der Waals surface area contributed by atoms with Crippen LogP contribution in [0.25, 0.3) is 22.3 Å². The minimum Gasteiger partial charge on any atom is -0.312 e. The lowest BCUT2D eigenvalue weighted by Gasteiger charge is -2.31. The van der Waals surface area contributed by atoms with Crippen molar-refractivity contribution in [3.05, 3.63) is 71.8 Å². The summed E-state index contributed by atoms with van der Waals surface area (Å²) in [4.78, 5) is 29.6. The maximum atomic E-state index is 12.9. The summed E-state index contributed by atoms with van der Waals surface area (Å²) in [5, 5.41) is 0. The number of carbonyl (C=O) groups excluding carboxylic acids is 2. The maximum absolute atomic E-state index is 12.9. The van der Waals surface area contributed by atoms with Gasteiger partial charge in [0.15, 0.2) is 0 Å². The predicted molar refractivity (Wildman–Crippen MR) is 167 cm³/mol. The van der Waals surface area contributed by atoms with Gasteiger partial charge in [0.2, 0.25) is 11.8 Å².